The van der Waals surface area contributed by atoms with E-state index in [9.17, 15) is 19.6 Å². The summed E-state index contributed by atoms with van der Waals surface area (Å²) in [6, 6.07) is 17.0. The number of fused-ring (bicyclic) bond motifs is 1. The molecule has 2 atom stereocenters. The van der Waals surface area contributed by atoms with Crippen molar-refractivity contribution in [2.45, 2.75) is 51.6 Å². The standard InChI is InChI=1S/C28H33BN4O5/c1-18(2)14-24(29(36)37)32-27(35)28(15-21-10-5-4-8-19(21)3)16-22(33-38-28)17-31-26(34)25-23-11-7-6-9-20(23)12-13-30-25/h4-13,18,24,36-37H,14-17H2,1-3H3,(H,31,34)(H,32,35)/t24-,28?/m0/s1. The van der Waals surface area contributed by atoms with Crippen LogP contribution in [-0.4, -0.2) is 57.8 Å². The van der Waals surface area contributed by atoms with Crippen LogP contribution in [0, 0.1) is 12.8 Å². The van der Waals surface area contributed by atoms with Crippen LogP contribution in [0.4, 0.5) is 0 Å². The topological polar surface area (TPSA) is 133 Å². The lowest BCUT2D eigenvalue weighted by molar-refractivity contribution is -0.144. The molecule has 1 aliphatic heterocycles. The van der Waals surface area contributed by atoms with Crippen LogP contribution in [0.15, 0.2) is 65.9 Å². The summed E-state index contributed by atoms with van der Waals surface area (Å²) in [5, 5.41) is 31.2. The number of nitrogens with zero attached hydrogens (tertiary/aromatic N) is 2. The molecule has 2 heterocycles. The van der Waals surface area contributed by atoms with Crippen LogP contribution < -0.4 is 10.6 Å². The van der Waals surface area contributed by atoms with E-state index in [0.717, 1.165) is 21.9 Å². The third-order valence-electron chi connectivity index (χ3n) is 6.73. The molecular formula is C28H33BN4O5. The average molecular weight is 516 g/mol. The summed E-state index contributed by atoms with van der Waals surface area (Å²) in [6.45, 7) is 5.90. The lowest BCUT2D eigenvalue weighted by Gasteiger charge is -2.29. The Balaban J connectivity index is 1.51. The molecule has 0 saturated carbocycles. The first kappa shape index (κ1) is 27.3. The van der Waals surface area contributed by atoms with Crippen LogP contribution >= 0.6 is 0 Å². The van der Waals surface area contributed by atoms with Crippen molar-refractivity contribution in [3.8, 4) is 0 Å². The second kappa shape index (κ2) is 11.7. The predicted molar refractivity (Wildman–Crippen MR) is 146 cm³/mol. The van der Waals surface area contributed by atoms with Gasteiger partial charge in [-0.1, -0.05) is 67.5 Å². The van der Waals surface area contributed by atoms with Crippen LogP contribution in [0.5, 0.6) is 0 Å². The molecule has 198 valence electrons. The first-order chi connectivity index (χ1) is 18.2. The molecule has 0 fully saturated rings. The van der Waals surface area contributed by atoms with Gasteiger partial charge in [-0.05, 0) is 41.8 Å². The van der Waals surface area contributed by atoms with Gasteiger partial charge in [0.25, 0.3) is 11.8 Å². The van der Waals surface area contributed by atoms with Crippen molar-refractivity contribution in [2.24, 2.45) is 11.1 Å². The molecule has 10 heteroatoms. The zero-order valence-electron chi connectivity index (χ0n) is 21.8. The normalized spacial score (nSPS) is 17.6. The summed E-state index contributed by atoms with van der Waals surface area (Å²) in [5.41, 5.74) is 1.31. The Kier molecular flexibility index (Phi) is 8.43. The molecule has 1 aromatic heterocycles. The average Bonchev–Trinajstić information content (AvgIpc) is 3.31. The van der Waals surface area contributed by atoms with E-state index in [-0.39, 0.29) is 31.2 Å². The number of carbonyl (C=O) groups excluding carboxylic acids is 2. The molecule has 0 radical (unpaired) electrons. The number of hydrogen-bond acceptors (Lipinski definition) is 7. The lowest BCUT2D eigenvalue weighted by atomic mass is 9.74. The van der Waals surface area contributed by atoms with Crippen LogP contribution in [0.25, 0.3) is 10.8 Å². The van der Waals surface area contributed by atoms with Crippen molar-refractivity contribution < 1.29 is 24.5 Å². The fourth-order valence-corrected chi connectivity index (χ4v) is 4.68. The van der Waals surface area contributed by atoms with Crippen LogP contribution in [0.1, 0.15) is 48.3 Å². The van der Waals surface area contributed by atoms with Gasteiger partial charge in [-0.15, -0.1) is 0 Å². The largest absolute Gasteiger partial charge is 0.475 e. The fourth-order valence-electron chi connectivity index (χ4n) is 4.68. The van der Waals surface area contributed by atoms with Crippen LogP contribution in [0.2, 0.25) is 0 Å². The van der Waals surface area contributed by atoms with Gasteiger partial charge in [-0.2, -0.15) is 0 Å². The molecular weight excluding hydrogens is 483 g/mol. The maximum atomic E-state index is 13.6. The Morgan fingerprint density at radius 1 is 1.11 bits per heavy atom. The third kappa shape index (κ3) is 6.20. The highest BCUT2D eigenvalue weighted by atomic mass is 16.7. The first-order valence-electron chi connectivity index (χ1n) is 12.8. The molecule has 1 unspecified atom stereocenters. The van der Waals surface area contributed by atoms with Crippen molar-refractivity contribution in [1.82, 2.24) is 15.6 Å². The predicted octanol–water partition coefficient (Wildman–Crippen LogP) is 2.57. The minimum absolute atomic E-state index is 0.0740. The fraction of sp³-hybridized carbons (Fsp3) is 0.357. The Labute approximate surface area is 222 Å². The molecule has 0 bridgehead atoms. The van der Waals surface area contributed by atoms with Crippen molar-refractivity contribution in [3.05, 3.63) is 77.6 Å². The number of nitrogens with one attached hydrogen (secondary N) is 2. The van der Waals surface area contributed by atoms with E-state index < -0.39 is 24.6 Å². The SMILES string of the molecule is Cc1ccccc1CC1(C(=O)N[C@@H](CC(C)C)B(O)O)CC(CNC(=O)c2nccc3ccccc23)=NO1. The minimum Gasteiger partial charge on any atom is -0.426 e. The molecule has 4 N–H and O–H groups in total. The summed E-state index contributed by atoms with van der Waals surface area (Å²) in [5.74, 6) is -1.57. The van der Waals surface area contributed by atoms with Gasteiger partial charge in [-0.3, -0.25) is 14.6 Å². The van der Waals surface area contributed by atoms with Gasteiger partial charge in [0.1, 0.15) is 5.69 Å². The van der Waals surface area contributed by atoms with E-state index in [1.807, 2.05) is 75.4 Å². The first-order valence-corrected chi connectivity index (χ1v) is 12.8. The van der Waals surface area contributed by atoms with Crippen molar-refractivity contribution >= 4 is 35.4 Å². The Bertz CT molecular complexity index is 1340. The number of oxime groups is 1. The van der Waals surface area contributed by atoms with E-state index in [1.54, 1.807) is 6.20 Å². The maximum absolute atomic E-state index is 13.6. The number of carbonyl (C=O) groups is 2. The number of amides is 2. The Hall–Kier alpha value is -3.76. The number of pyridine rings is 1. The molecule has 2 aromatic carbocycles. The minimum atomic E-state index is -1.72. The van der Waals surface area contributed by atoms with Crippen LogP contribution in [-0.2, 0) is 16.1 Å². The number of aryl methyl sites for hydroxylation is 1. The summed E-state index contributed by atoms with van der Waals surface area (Å²) in [6.07, 6.45) is 2.33. The number of aromatic nitrogens is 1. The Morgan fingerprint density at radius 2 is 1.84 bits per heavy atom. The molecule has 38 heavy (non-hydrogen) atoms. The van der Waals surface area contributed by atoms with Gasteiger partial charge in [0, 0.05) is 24.4 Å². The molecule has 9 nitrogen and oxygen atoms in total. The van der Waals surface area contributed by atoms with Gasteiger partial charge in [0.2, 0.25) is 5.60 Å². The van der Waals surface area contributed by atoms with Crippen molar-refractivity contribution in [2.75, 3.05) is 6.54 Å². The highest BCUT2D eigenvalue weighted by Gasteiger charge is 2.48. The molecule has 2 amide bonds. The zero-order valence-corrected chi connectivity index (χ0v) is 21.8. The molecule has 1 aliphatic rings. The molecule has 0 aliphatic carbocycles. The molecule has 3 aromatic rings. The number of hydrogen-bond donors (Lipinski definition) is 4. The van der Waals surface area contributed by atoms with E-state index in [2.05, 4.69) is 20.8 Å². The summed E-state index contributed by atoms with van der Waals surface area (Å²) in [4.78, 5) is 36.6. The van der Waals surface area contributed by atoms with E-state index in [1.165, 1.54) is 0 Å². The molecule has 4 rings (SSSR count). The number of benzene rings is 2. The van der Waals surface area contributed by atoms with Gasteiger partial charge in [0.05, 0.1) is 18.2 Å². The second-order valence-corrected chi connectivity index (χ2v) is 10.2. The highest BCUT2D eigenvalue weighted by molar-refractivity contribution is 6.43. The lowest BCUT2D eigenvalue weighted by Crippen LogP contribution is -2.56. The smallest absolute Gasteiger partial charge is 0.426 e. The second-order valence-electron chi connectivity index (χ2n) is 10.2. The van der Waals surface area contributed by atoms with E-state index in [4.69, 9.17) is 4.84 Å². The quantitative estimate of drug-likeness (QED) is 0.306. The zero-order chi connectivity index (χ0) is 27.3. The maximum Gasteiger partial charge on any atom is 0.475 e. The molecule has 0 saturated heterocycles. The summed E-state index contributed by atoms with van der Waals surface area (Å²) in [7, 11) is -1.72. The van der Waals surface area contributed by atoms with Crippen molar-refractivity contribution in [1.29, 1.82) is 0 Å². The number of rotatable bonds is 10. The van der Waals surface area contributed by atoms with Gasteiger partial charge < -0.3 is 25.5 Å². The summed E-state index contributed by atoms with van der Waals surface area (Å²) >= 11 is 0. The molecule has 0 spiro atoms. The van der Waals surface area contributed by atoms with Gasteiger partial charge in [0.15, 0.2) is 0 Å². The van der Waals surface area contributed by atoms with Crippen LogP contribution in [0.3, 0.4) is 0 Å². The van der Waals surface area contributed by atoms with E-state index >= 15 is 0 Å². The third-order valence-corrected chi connectivity index (χ3v) is 6.73. The van der Waals surface area contributed by atoms with Crippen molar-refractivity contribution in [3.63, 3.8) is 0 Å². The monoisotopic (exact) mass is 516 g/mol. The van der Waals surface area contributed by atoms with Gasteiger partial charge in [-0.25, -0.2) is 0 Å². The van der Waals surface area contributed by atoms with E-state index in [0.29, 0.717) is 17.8 Å². The Morgan fingerprint density at radius 3 is 2.58 bits per heavy atom. The highest BCUT2D eigenvalue weighted by Crippen LogP contribution is 2.30. The summed E-state index contributed by atoms with van der Waals surface area (Å²) < 4.78 is 0. The van der Waals surface area contributed by atoms with Gasteiger partial charge >= 0.3 is 7.12 Å².